The van der Waals surface area contributed by atoms with Crippen LogP contribution in [0.1, 0.15) is 6.42 Å². The number of aliphatic hydroxyl groups excluding tert-OH is 4. The molecule has 1 heterocycles. The largest absolute Gasteiger partial charge is 0.499 e. The first-order chi connectivity index (χ1) is 11.5. The summed E-state index contributed by atoms with van der Waals surface area (Å²) in [6, 6.07) is 0. The third-order valence-electron chi connectivity index (χ3n) is 3.13. The van der Waals surface area contributed by atoms with E-state index in [1.165, 1.54) is 0 Å². The van der Waals surface area contributed by atoms with E-state index in [-0.39, 0.29) is 0 Å². The third kappa shape index (κ3) is 4.03. The van der Waals surface area contributed by atoms with Crippen molar-refractivity contribution < 1.29 is 64.4 Å². The van der Waals surface area contributed by atoms with Gasteiger partial charge in [0.15, 0.2) is 12.2 Å². The van der Waals surface area contributed by atoms with Crippen LogP contribution in [0.25, 0.3) is 0 Å². The van der Waals surface area contributed by atoms with E-state index in [9.17, 15) is 39.6 Å². The predicted octanol–water partition coefficient (Wildman–Crippen LogP) is -3.77. The molecule has 7 N–H and O–H groups in total. The predicted molar refractivity (Wildman–Crippen MR) is 69.6 cm³/mol. The molecule has 0 bridgehead atoms. The van der Waals surface area contributed by atoms with Crippen molar-refractivity contribution in [3.63, 3.8) is 0 Å². The van der Waals surface area contributed by atoms with Crippen LogP contribution in [-0.2, 0) is 28.7 Å². The summed E-state index contributed by atoms with van der Waals surface area (Å²) in [5.41, 5.74) is -3.48. The standard InChI is InChI=1S/C12H14O13/c13-2-3(14)6-7(5(17)9(19)24-6)25-10(20)8(18)12(23,11(21)22)1-4(15)16/h3,6,8,13-14,17-18,23H,1-2H2,(H,15,16)(H,21,22)/t3-,6+,8?,12?/m0/s1. The number of carboxylic acids is 2. The number of esters is 2. The molecule has 0 spiro atoms. The van der Waals surface area contributed by atoms with E-state index in [1.54, 1.807) is 0 Å². The summed E-state index contributed by atoms with van der Waals surface area (Å²) in [5, 5.41) is 64.5. The molecule has 0 saturated carbocycles. The van der Waals surface area contributed by atoms with Gasteiger partial charge in [0, 0.05) is 0 Å². The second kappa shape index (κ2) is 7.43. The highest BCUT2D eigenvalue weighted by atomic mass is 16.6. The van der Waals surface area contributed by atoms with Crippen LogP contribution in [0.15, 0.2) is 11.5 Å². The molecule has 1 aliphatic heterocycles. The first kappa shape index (κ1) is 20.3. The summed E-state index contributed by atoms with van der Waals surface area (Å²) in [6.07, 6.45) is -8.22. The zero-order valence-electron chi connectivity index (χ0n) is 12.2. The van der Waals surface area contributed by atoms with Crippen molar-refractivity contribution in [3.05, 3.63) is 11.5 Å². The monoisotopic (exact) mass is 366 g/mol. The van der Waals surface area contributed by atoms with Crippen LogP contribution in [0, 0.1) is 0 Å². The van der Waals surface area contributed by atoms with E-state index in [1.807, 2.05) is 0 Å². The van der Waals surface area contributed by atoms with Gasteiger partial charge in [-0.1, -0.05) is 0 Å². The smallest absolute Gasteiger partial charge is 0.378 e. The SMILES string of the molecule is O=C(O)CC(O)(C(=O)O)C(O)C(=O)OC1=C(O)C(=O)O[C@@H]1[C@@H](O)CO. The van der Waals surface area contributed by atoms with Crippen molar-refractivity contribution in [2.45, 2.75) is 30.3 Å². The molecule has 140 valence electrons. The van der Waals surface area contributed by atoms with Gasteiger partial charge in [-0.25, -0.2) is 14.4 Å². The lowest BCUT2D eigenvalue weighted by Gasteiger charge is -2.26. The molecule has 0 radical (unpaired) electrons. The minimum absolute atomic E-state index is 0.993. The highest BCUT2D eigenvalue weighted by molar-refractivity contribution is 5.93. The van der Waals surface area contributed by atoms with Crippen molar-refractivity contribution in [1.29, 1.82) is 0 Å². The van der Waals surface area contributed by atoms with E-state index >= 15 is 0 Å². The maximum Gasteiger partial charge on any atom is 0.378 e. The highest BCUT2D eigenvalue weighted by Crippen LogP contribution is 2.27. The molecular weight excluding hydrogens is 352 g/mol. The van der Waals surface area contributed by atoms with Gasteiger partial charge in [-0.05, 0) is 0 Å². The number of aliphatic carboxylic acids is 2. The summed E-state index contributed by atoms with van der Waals surface area (Å²) in [7, 11) is 0. The molecule has 0 aromatic heterocycles. The second-order valence-corrected chi connectivity index (χ2v) is 4.91. The van der Waals surface area contributed by atoms with E-state index < -0.39 is 72.3 Å². The first-order valence-electron chi connectivity index (χ1n) is 6.46. The lowest BCUT2D eigenvalue weighted by Crippen LogP contribution is -2.55. The lowest BCUT2D eigenvalue weighted by atomic mass is 9.93. The van der Waals surface area contributed by atoms with Crippen molar-refractivity contribution in [2.75, 3.05) is 6.61 Å². The molecule has 4 atom stereocenters. The van der Waals surface area contributed by atoms with Crippen LogP contribution in [0.2, 0.25) is 0 Å². The Morgan fingerprint density at radius 2 is 1.80 bits per heavy atom. The van der Waals surface area contributed by atoms with Gasteiger partial charge in [-0.2, -0.15) is 0 Å². The van der Waals surface area contributed by atoms with Gasteiger partial charge in [0.25, 0.3) is 0 Å². The lowest BCUT2D eigenvalue weighted by molar-refractivity contribution is -0.189. The molecule has 0 saturated heterocycles. The molecular formula is C12H14O13. The van der Waals surface area contributed by atoms with E-state index in [0.717, 1.165) is 0 Å². The summed E-state index contributed by atoms with van der Waals surface area (Å²) in [6.45, 7) is -0.993. The number of cyclic esters (lactones) is 1. The number of carbonyl (C=O) groups is 4. The van der Waals surface area contributed by atoms with Crippen LogP contribution in [-0.4, -0.2) is 90.1 Å². The average molecular weight is 366 g/mol. The summed E-state index contributed by atoms with van der Waals surface area (Å²) in [4.78, 5) is 44.6. The van der Waals surface area contributed by atoms with Gasteiger partial charge in [0.05, 0.1) is 13.0 Å². The zero-order chi connectivity index (χ0) is 19.5. The number of hydrogen-bond acceptors (Lipinski definition) is 11. The molecule has 13 heteroatoms. The number of hydrogen-bond donors (Lipinski definition) is 7. The third-order valence-corrected chi connectivity index (χ3v) is 3.13. The molecule has 0 aromatic carbocycles. The number of ether oxygens (including phenoxy) is 2. The molecule has 0 aliphatic carbocycles. The molecule has 13 nitrogen and oxygen atoms in total. The van der Waals surface area contributed by atoms with Gasteiger partial charge in [0.2, 0.25) is 17.1 Å². The minimum Gasteiger partial charge on any atom is -0.499 e. The summed E-state index contributed by atoms with van der Waals surface area (Å²) in [5.74, 6) is -9.90. The zero-order valence-corrected chi connectivity index (χ0v) is 12.2. The Morgan fingerprint density at radius 3 is 2.24 bits per heavy atom. The fourth-order valence-corrected chi connectivity index (χ4v) is 1.79. The summed E-state index contributed by atoms with van der Waals surface area (Å²) >= 11 is 0. The highest BCUT2D eigenvalue weighted by Gasteiger charge is 2.52. The molecule has 25 heavy (non-hydrogen) atoms. The van der Waals surface area contributed by atoms with Gasteiger partial charge < -0.3 is 45.2 Å². The molecule has 2 unspecified atom stereocenters. The van der Waals surface area contributed by atoms with E-state index in [2.05, 4.69) is 9.47 Å². The Morgan fingerprint density at radius 1 is 1.24 bits per heavy atom. The Bertz CT molecular complexity index is 622. The Hall–Kier alpha value is -2.74. The molecule has 1 aliphatic rings. The van der Waals surface area contributed by atoms with Gasteiger partial charge in [0.1, 0.15) is 6.10 Å². The topological polar surface area (TPSA) is 228 Å². The molecule has 0 aromatic rings. The fraction of sp³-hybridized carbons (Fsp3) is 0.500. The van der Waals surface area contributed by atoms with E-state index in [4.69, 9.17) is 15.3 Å². The molecule has 0 amide bonds. The Balaban J connectivity index is 3.08. The van der Waals surface area contributed by atoms with Crippen LogP contribution < -0.4 is 0 Å². The maximum atomic E-state index is 11.8. The number of carbonyl (C=O) groups excluding carboxylic acids is 2. The van der Waals surface area contributed by atoms with Gasteiger partial charge in [-0.15, -0.1) is 0 Å². The van der Waals surface area contributed by atoms with E-state index in [0.29, 0.717) is 0 Å². The summed E-state index contributed by atoms with van der Waals surface area (Å²) < 4.78 is 8.79. The van der Waals surface area contributed by atoms with Crippen molar-refractivity contribution in [1.82, 2.24) is 0 Å². The van der Waals surface area contributed by atoms with Crippen LogP contribution in [0.5, 0.6) is 0 Å². The van der Waals surface area contributed by atoms with Crippen molar-refractivity contribution >= 4 is 23.9 Å². The number of aliphatic hydroxyl groups is 5. The van der Waals surface area contributed by atoms with Crippen LogP contribution >= 0.6 is 0 Å². The normalized spacial score (nSPS) is 21.9. The van der Waals surface area contributed by atoms with Crippen LogP contribution in [0.4, 0.5) is 0 Å². The van der Waals surface area contributed by atoms with Crippen LogP contribution in [0.3, 0.4) is 0 Å². The van der Waals surface area contributed by atoms with Gasteiger partial charge in [-0.3, -0.25) is 4.79 Å². The van der Waals surface area contributed by atoms with Crippen molar-refractivity contribution in [2.24, 2.45) is 0 Å². The Labute approximate surface area is 137 Å². The fourth-order valence-electron chi connectivity index (χ4n) is 1.79. The number of rotatable bonds is 8. The average Bonchev–Trinajstić information content (AvgIpc) is 2.80. The second-order valence-electron chi connectivity index (χ2n) is 4.91. The molecule has 1 rings (SSSR count). The molecule has 0 fully saturated rings. The van der Waals surface area contributed by atoms with Gasteiger partial charge >= 0.3 is 23.9 Å². The first-order valence-corrected chi connectivity index (χ1v) is 6.46. The maximum absolute atomic E-state index is 11.8. The quantitative estimate of drug-likeness (QED) is 0.205. The number of carboxylic acid groups (broad SMARTS) is 2. The minimum atomic E-state index is -3.48. The van der Waals surface area contributed by atoms with Crippen molar-refractivity contribution in [3.8, 4) is 0 Å². The Kier molecular flexibility index (Phi) is 6.04.